The molecule has 1 aliphatic heterocycles. The molecule has 0 radical (unpaired) electrons. The van der Waals surface area contributed by atoms with Gasteiger partial charge in [-0.1, -0.05) is 6.07 Å². The lowest BCUT2D eigenvalue weighted by Gasteiger charge is -2.30. The lowest BCUT2D eigenvalue weighted by Crippen LogP contribution is -2.38. The third-order valence-electron chi connectivity index (χ3n) is 5.33. The number of ether oxygens (including phenoxy) is 1. The van der Waals surface area contributed by atoms with Crippen molar-refractivity contribution in [3.63, 3.8) is 0 Å². The van der Waals surface area contributed by atoms with Crippen molar-refractivity contribution < 1.29 is 9.13 Å². The molecule has 0 bridgehead atoms. The van der Waals surface area contributed by atoms with E-state index in [-0.39, 0.29) is 11.9 Å². The first-order chi connectivity index (χ1) is 12.1. The fourth-order valence-corrected chi connectivity index (χ4v) is 4.09. The van der Waals surface area contributed by atoms with Crippen molar-refractivity contribution >= 4 is 5.82 Å². The number of fused-ring (bicyclic) bond motifs is 1. The lowest BCUT2D eigenvalue weighted by molar-refractivity contribution is 0.122. The Hall–Kier alpha value is -1.92. The first kappa shape index (κ1) is 16.5. The number of halogens is 1. The largest absolute Gasteiger partial charge is 0.378 e. The Labute approximate surface area is 147 Å². The molecule has 1 fully saturated rings. The van der Waals surface area contributed by atoms with Crippen LogP contribution in [-0.2, 0) is 24.8 Å². The Balaban J connectivity index is 1.52. The van der Waals surface area contributed by atoms with Crippen LogP contribution in [0.4, 0.5) is 10.2 Å². The van der Waals surface area contributed by atoms with E-state index in [1.165, 1.54) is 16.9 Å². The van der Waals surface area contributed by atoms with Crippen LogP contribution in [0, 0.1) is 12.7 Å². The van der Waals surface area contributed by atoms with Gasteiger partial charge in [0.25, 0.3) is 0 Å². The summed E-state index contributed by atoms with van der Waals surface area (Å²) in [6.07, 6.45) is 1.96. The van der Waals surface area contributed by atoms with Gasteiger partial charge in [0, 0.05) is 38.3 Å². The van der Waals surface area contributed by atoms with Gasteiger partial charge in [-0.2, -0.15) is 5.10 Å². The van der Waals surface area contributed by atoms with Crippen LogP contribution in [0.2, 0.25) is 0 Å². The monoisotopic (exact) mass is 344 g/mol. The summed E-state index contributed by atoms with van der Waals surface area (Å²) in [6, 6.07) is 5.44. The van der Waals surface area contributed by atoms with Crippen molar-refractivity contribution in [2.45, 2.75) is 32.4 Å². The van der Waals surface area contributed by atoms with Crippen molar-refractivity contribution in [3.8, 4) is 0 Å². The SMILES string of the molecule is Cc1nn(C)c(N2CCOCC2)c1CN[C@H]1CCc2cc(F)ccc21. The molecule has 2 heterocycles. The van der Waals surface area contributed by atoms with E-state index in [1.807, 2.05) is 17.8 Å². The normalized spacial score (nSPS) is 20.1. The molecule has 0 spiro atoms. The molecule has 0 saturated carbocycles. The van der Waals surface area contributed by atoms with Crippen molar-refractivity contribution in [1.82, 2.24) is 15.1 Å². The molecule has 1 atom stereocenters. The number of anilines is 1. The summed E-state index contributed by atoms with van der Waals surface area (Å²) in [7, 11) is 2.01. The quantitative estimate of drug-likeness (QED) is 0.925. The average molecular weight is 344 g/mol. The summed E-state index contributed by atoms with van der Waals surface area (Å²) in [4.78, 5) is 2.36. The summed E-state index contributed by atoms with van der Waals surface area (Å²) in [5.41, 5.74) is 4.68. The van der Waals surface area contributed by atoms with Gasteiger partial charge in [-0.3, -0.25) is 4.68 Å². The van der Waals surface area contributed by atoms with Crippen LogP contribution in [-0.4, -0.2) is 36.1 Å². The summed E-state index contributed by atoms with van der Waals surface area (Å²) < 4.78 is 20.9. The van der Waals surface area contributed by atoms with Gasteiger partial charge in [0.1, 0.15) is 11.6 Å². The highest BCUT2D eigenvalue weighted by atomic mass is 19.1. The molecular formula is C19H25FN4O. The average Bonchev–Trinajstić information content (AvgIpc) is 3.13. The predicted octanol–water partition coefficient (Wildman–Crippen LogP) is 2.48. The Kier molecular flexibility index (Phi) is 4.48. The van der Waals surface area contributed by atoms with Crippen LogP contribution in [0.5, 0.6) is 0 Å². The maximum atomic E-state index is 13.4. The Morgan fingerprint density at radius 1 is 1.32 bits per heavy atom. The highest BCUT2D eigenvalue weighted by Gasteiger charge is 2.25. The molecule has 0 amide bonds. The topological polar surface area (TPSA) is 42.3 Å². The van der Waals surface area contributed by atoms with E-state index in [2.05, 4.69) is 22.2 Å². The molecule has 4 rings (SSSR count). The van der Waals surface area contributed by atoms with Gasteiger partial charge in [-0.25, -0.2) is 4.39 Å². The maximum absolute atomic E-state index is 13.4. The maximum Gasteiger partial charge on any atom is 0.131 e. The third kappa shape index (κ3) is 3.16. The van der Waals surface area contributed by atoms with Gasteiger partial charge in [-0.15, -0.1) is 0 Å². The number of rotatable bonds is 4. The predicted molar refractivity (Wildman–Crippen MR) is 95.3 cm³/mol. The number of aromatic nitrogens is 2. The summed E-state index contributed by atoms with van der Waals surface area (Å²) in [5, 5.41) is 8.31. The van der Waals surface area contributed by atoms with Gasteiger partial charge >= 0.3 is 0 Å². The zero-order valence-corrected chi connectivity index (χ0v) is 14.9. The summed E-state index contributed by atoms with van der Waals surface area (Å²) >= 11 is 0. The van der Waals surface area contributed by atoms with Crippen molar-refractivity contribution in [2.24, 2.45) is 7.05 Å². The number of hydrogen-bond donors (Lipinski definition) is 1. The van der Waals surface area contributed by atoms with Crippen LogP contribution in [0.3, 0.4) is 0 Å². The van der Waals surface area contributed by atoms with Crippen LogP contribution in [0.25, 0.3) is 0 Å². The van der Waals surface area contributed by atoms with E-state index in [0.29, 0.717) is 0 Å². The molecule has 134 valence electrons. The molecule has 1 aromatic carbocycles. The molecule has 0 unspecified atom stereocenters. The smallest absolute Gasteiger partial charge is 0.131 e. The first-order valence-corrected chi connectivity index (χ1v) is 9.00. The molecule has 2 aliphatic rings. The molecule has 1 aromatic heterocycles. The molecule has 1 N–H and O–H groups in total. The molecule has 1 saturated heterocycles. The van der Waals surface area contributed by atoms with Crippen LogP contribution >= 0.6 is 0 Å². The summed E-state index contributed by atoms with van der Waals surface area (Å²) in [6.45, 7) is 6.17. The number of hydrogen-bond acceptors (Lipinski definition) is 4. The third-order valence-corrected chi connectivity index (χ3v) is 5.33. The summed E-state index contributed by atoms with van der Waals surface area (Å²) in [5.74, 6) is 1.04. The molecular weight excluding hydrogens is 319 g/mol. The number of nitrogens with zero attached hydrogens (tertiary/aromatic N) is 3. The lowest BCUT2D eigenvalue weighted by atomic mass is 10.1. The second-order valence-electron chi connectivity index (χ2n) is 6.93. The number of aryl methyl sites for hydroxylation is 3. The van der Waals surface area contributed by atoms with E-state index >= 15 is 0 Å². The van der Waals surface area contributed by atoms with E-state index < -0.39 is 0 Å². The van der Waals surface area contributed by atoms with Gasteiger partial charge in [-0.05, 0) is 43.0 Å². The van der Waals surface area contributed by atoms with E-state index in [9.17, 15) is 4.39 Å². The fraction of sp³-hybridized carbons (Fsp3) is 0.526. The standard InChI is InChI=1S/C19H25FN4O/c1-13-17(19(23(2)22-13)24-7-9-25-10-8-24)12-21-18-6-3-14-11-15(20)4-5-16(14)18/h4-5,11,18,21H,3,6-10,12H2,1-2H3/t18-/m0/s1. The van der Waals surface area contributed by atoms with Crippen molar-refractivity contribution in [2.75, 3.05) is 31.2 Å². The van der Waals surface area contributed by atoms with Gasteiger partial charge in [0.15, 0.2) is 0 Å². The zero-order valence-electron chi connectivity index (χ0n) is 14.9. The van der Waals surface area contributed by atoms with E-state index in [4.69, 9.17) is 4.74 Å². The number of nitrogens with one attached hydrogen (secondary N) is 1. The number of benzene rings is 1. The Bertz CT molecular complexity index is 767. The van der Waals surface area contributed by atoms with E-state index in [1.54, 1.807) is 12.1 Å². The Morgan fingerprint density at radius 3 is 2.92 bits per heavy atom. The van der Waals surface area contributed by atoms with Gasteiger partial charge < -0.3 is 15.0 Å². The minimum Gasteiger partial charge on any atom is -0.378 e. The number of morpholine rings is 1. The highest BCUT2D eigenvalue weighted by molar-refractivity contribution is 5.50. The zero-order chi connectivity index (χ0) is 17.4. The van der Waals surface area contributed by atoms with Crippen LogP contribution in [0.1, 0.15) is 34.8 Å². The van der Waals surface area contributed by atoms with Crippen molar-refractivity contribution in [1.29, 1.82) is 0 Å². The van der Waals surface area contributed by atoms with Crippen LogP contribution < -0.4 is 10.2 Å². The molecule has 1 aliphatic carbocycles. The first-order valence-electron chi connectivity index (χ1n) is 9.00. The van der Waals surface area contributed by atoms with Gasteiger partial charge in [0.2, 0.25) is 0 Å². The Morgan fingerprint density at radius 2 is 2.12 bits per heavy atom. The van der Waals surface area contributed by atoms with Crippen molar-refractivity contribution in [3.05, 3.63) is 46.4 Å². The fourth-order valence-electron chi connectivity index (χ4n) is 4.09. The van der Waals surface area contributed by atoms with Crippen LogP contribution in [0.15, 0.2) is 18.2 Å². The minimum absolute atomic E-state index is 0.142. The molecule has 5 nitrogen and oxygen atoms in total. The minimum atomic E-state index is -0.142. The highest BCUT2D eigenvalue weighted by Crippen LogP contribution is 2.32. The van der Waals surface area contributed by atoms with Gasteiger partial charge in [0.05, 0.1) is 18.9 Å². The molecule has 2 aromatic rings. The molecule has 25 heavy (non-hydrogen) atoms. The molecule has 6 heteroatoms. The van der Waals surface area contributed by atoms with E-state index in [0.717, 1.165) is 56.9 Å². The second kappa shape index (κ2) is 6.77. The second-order valence-corrected chi connectivity index (χ2v) is 6.93.